The standard InChI is InChI=1S/C29H34N4O4/c1-20-19-22-7-5-6-8-24(22)33(20)23-11-9-21(10-12-23)25(34)31-15-17-32(18-16-31)26(35)29(13-14-29)30-27(36)37-28(2,3)4/h5-12,19H,13-18H2,1-4H3,(H,30,36). The van der Waals surface area contributed by atoms with E-state index in [1.165, 1.54) is 5.39 Å². The lowest BCUT2D eigenvalue weighted by Gasteiger charge is -2.36. The molecule has 2 fully saturated rings. The Morgan fingerprint density at radius 1 is 0.892 bits per heavy atom. The van der Waals surface area contributed by atoms with E-state index in [0.29, 0.717) is 44.6 Å². The third kappa shape index (κ3) is 5.05. The first-order valence-corrected chi connectivity index (χ1v) is 12.8. The van der Waals surface area contributed by atoms with Crippen molar-refractivity contribution in [3.8, 4) is 5.69 Å². The Morgan fingerprint density at radius 2 is 1.51 bits per heavy atom. The number of nitrogens with zero attached hydrogens (tertiary/aromatic N) is 3. The summed E-state index contributed by atoms with van der Waals surface area (Å²) in [4.78, 5) is 42.1. The van der Waals surface area contributed by atoms with Gasteiger partial charge in [-0.05, 0) is 76.9 Å². The maximum atomic E-state index is 13.2. The van der Waals surface area contributed by atoms with Crippen LogP contribution in [0.3, 0.4) is 0 Å². The summed E-state index contributed by atoms with van der Waals surface area (Å²) in [5, 5.41) is 3.96. The van der Waals surface area contributed by atoms with Gasteiger partial charge < -0.3 is 24.4 Å². The van der Waals surface area contributed by atoms with Crippen molar-refractivity contribution in [3.05, 3.63) is 65.9 Å². The molecule has 2 aromatic carbocycles. The zero-order chi connectivity index (χ0) is 26.4. The molecule has 8 nitrogen and oxygen atoms in total. The number of amides is 3. The highest BCUT2D eigenvalue weighted by molar-refractivity contribution is 5.95. The highest BCUT2D eigenvalue weighted by Crippen LogP contribution is 2.38. The number of hydrogen-bond donors (Lipinski definition) is 1. The average molecular weight is 503 g/mol. The zero-order valence-corrected chi connectivity index (χ0v) is 21.9. The van der Waals surface area contributed by atoms with E-state index in [0.717, 1.165) is 16.9 Å². The lowest BCUT2D eigenvalue weighted by molar-refractivity contribution is -0.136. The van der Waals surface area contributed by atoms with Gasteiger partial charge in [0.05, 0.1) is 5.52 Å². The molecule has 0 spiro atoms. The topological polar surface area (TPSA) is 83.9 Å². The van der Waals surface area contributed by atoms with Crippen molar-refractivity contribution in [2.75, 3.05) is 26.2 Å². The first-order valence-electron chi connectivity index (χ1n) is 12.8. The lowest BCUT2D eigenvalue weighted by atomic mass is 10.1. The van der Waals surface area contributed by atoms with Crippen LogP contribution >= 0.6 is 0 Å². The molecule has 0 radical (unpaired) electrons. The minimum absolute atomic E-state index is 0.0410. The molecule has 2 aliphatic rings. The second-order valence-corrected chi connectivity index (χ2v) is 11.0. The Morgan fingerprint density at radius 3 is 2.14 bits per heavy atom. The Bertz CT molecular complexity index is 1340. The third-order valence-corrected chi connectivity index (χ3v) is 7.02. The fraction of sp³-hybridized carbons (Fsp3) is 0.414. The quantitative estimate of drug-likeness (QED) is 0.577. The Labute approximate surface area is 217 Å². The molecule has 1 aromatic heterocycles. The average Bonchev–Trinajstić information content (AvgIpc) is 3.55. The van der Waals surface area contributed by atoms with Crippen molar-refractivity contribution in [2.45, 2.75) is 51.7 Å². The molecule has 37 heavy (non-hydrogen) atoms. The number of hydrogen-bond acceptors (Lipinski definition) is 4. The van der Waals surface area contributed by atoms with Crippen LogP contribution in [0.1, 0.15) is 49.7 Å². The number of rotatable bonds is 4. The molecule has 0 bridgehead atoms. The highest BCUT2D eigenvalue weighted by Gasteiger charge is 2.54. The van der Waals surface area contributed by atoms with E-state index < -0.39 is 17.2 Å². The van der Waals surface area contributed by atoms with E-state index in [1.54, 1.807) is 30.6 Å². The monoisotopic (exact) mass is 502 g/mol. The van der Waals surface area contributed by atoms with Crippen LogP contribution < -0.4 is 5.32 Å². The molecular weight excluding hydrogens is 468 g/mol. The number of aryl methyl sites for hydroxylation is 1. The van der Waals surface area contributed by atoms with Gasteiger partial charge in [0.25, 0.3) is 5.91 Å². The zero-order valence-electron chi connectivity index (χ0n) is 21.9. The van der Waals surface area contributed by atoms with Crippen LogP contribution in [0.2, 0.25) is 0 Å². The number of alkyl carbamates (subject to hydrolysis) is 1. The number of nitrogens with one attached hydrogen (secondary N) is 1. The maximum absolute atomic E-state index is 13.2. The van der Waals surface area contributed by atoms with Crippen molar-refractivity contribution < 1.29 is 19.1 Å². The molecule has 2 heterocycles. The number of piperazine rings is 1. The van der Waals surface area contributed by atoms with Gasteiger partial charge in [-0.25, -0.2) is 4.79 Å². The van der Waals surface area contributed by atoms with Crippen LogP contribution in [-0.4, -0.2) is 69.6 Å². The minimum atomic E-state index is -0.870. The molecular formula is C29H34N4O4. The van der Waals surface area contributed by atoms with E-state index in [2.05, 4.69) is 35.0 Å². The van der Waals surface area contributed by atoms with Crippen molar-refractivity contribution in [1.29, 1.82) is 0 Å². The largest absolute Gasteiger partial charge is 0.444 e. The summed E-state index contributed by atoms with van der Waals surface area (Å²) in [5.74, 6) is -0.134. The maximum Gasteiger partial charge on any atom is 0.408 e. The van der Waals surface area contributed by atoms with Crippen LogP contribution in [0.4, 0.5) is 4.79 Å². The molecule has 5 rings (SSSR count). The lowest BCUT2D eigenvalue weighted by Crippen LogP contribution is -2.57. The molecule has 1 aliphatic heterocycles. The van der Waals surface area contributed by atoms with Crippen molar-refractivity contribution >= 4 is 28.8 Å². The number of benzene rings is 2. The summed E-state index contributed by atoms with van der Waals surface area (Å²) in [7, 11) is 0. The van der Waals surface area contributed by atoms with Crippen LogP contribution in [-0.2, 0) is 9.53 Å². The first-order chi connectivity index (χ1) is 17.6. The van der Waals surface area contributed by atoms with Gasteiger partial charge >= 0.3 is 6.09 Å². The van der Waals surface area contributed by atoms with Crippen molar-refractivity contribution in [1.82, 2.24) is 19.7 Å². The summed E-state index contributed by atoms with van der Waals surface area (Å²) in [6.07, 6.45) is 0.637. The molecule has 0 unspecified atom stereocenters. The molecule has 194 valence electrons. The van der Waals surface area contributed by atoms with E-state index in [4.69, 9.17) is 4.74 Å². The normalized spacial score (nSPS) is 17.0. The van der Waals surface area contributed by atoms with Gasteiger partial charge in [-0.15, -0.1) is 0 Å². The van der Waals surface area contributed by atoms with Gasteiger partial charge in [0, 0.05) is 48.5 Å². The van der Waals surface area contributed by atoms with E-state index in [9.17, 15) is 14.4 Å². The Hall–Kier alpha value is -3.81. The van der Waals surface area contributed by atoms with Gasteiger partial charge in [-0.1, -0.05) is 18.2 Å². The summed E-state index contributed by atoms with van der Waals surface area (Å²) in [6, 6.07) is 18.1. The summed E-state index contributed by atoms with van der Waals surface area (Å²) in [6.45, 7) is 9.24. The smallest absolute Gasteiger partial charge is 0.408 e. The summed E-state index contributed by atoms with van der Waals surface area (Å²) >= 11 is 0. The van der Waals surface area contributed by atoms with E-state index in [1.807, 2.05) is 36.4 Å². The second kappa shape index (κ2) is 9.25. The number of ether oxygens (including phenoxy) is 1. The van der Waals surface area contributed by atoms with Gasteiger partial charge in [0.1, 0.15) is 11.1 Å². The Balaban J connectivity index is 1.20. The number of aromatic nitrogens is 1. The molecule has 8 heteroatoms. The fourth-order valence-electron chi connectivity index (χ4n) is 5.00. The van der Waals surface area contributed by atoms with E-state index in [-0.39, 0.29) is 11.8 Å². The molecule has 1 N–H and O–H groups in total. The molecule has 3 amide bonds. The number of carbonyl (C=O) groups is 3. The second-order valence-electron chi connectivity index (χ2n) is 11.0. The van der Waals surface area contributed by atoms with Crippen LogP contribution in [0.5, 0.6) is 0 Å². The van der Waals surface area contributed by atoms with Crippen molar-refractivity contribution in [2.24, 2.45) is 0 Å². The number of fused-ring (bicyclic) bond motifs is 1. The van der Waals surface area contributed by atoms with Crippen LogP contribution in [0.15, 0.2) is 54.6 Å². The van der Waals surface area contributed by atoms with Gasteiger partial charge in [-0.2, -0.15) is 0 Å². The minimum Gasteiger partial charge on any atom is -0.444 e. The molecule has 1 aliphatic carbocycles. The van der Waals surface area contributed by atoms with Gasteiger partial charge in [0.15, 0.2) is 0 Å². The number of para-hydroxylation sites is 1. The van der Waals surface area contributed by atoms with Gasteiger partial charge in [-0.3, -0.25) is 9.59 Å². The van der Waals surface area contributed by atoms with Gasteiger partial charge in [0.2, 0.25) is 5.91 Å². The highest BCUT2D eigenvalue weighted by atomic mass is 16.6. The predicted molar refractivity (Wildman–Crippen MR) is 142 cm³/mol. The molecule has 1 saturated carbocycles. The third-order valence-electron chi connectivity index (χ3n) is 7.02. The van der Waals surface area contributed by atoms with Crippen molar-refractivity contribution in [3.63, 3.8) is 0 Å². The van der Waals surface area contributed by atoms with E-state index >= 15 is 0 Å². The Kier molecular flexibility index (Phi) is 6.22. The molecule has 0 atom stereocenters. The van der Waals surface area contributed by atoms with Crippen LogP contribution in [0.25, 0.3) is 16.6 Å². The summed E-state index contributed by atoms with van der Waals surface area (Å²) in [5.41, 5.74) is 2.42. The predicted octanol–water partition coefficient (Wildman–Crippen LogP) is 4.28. The summed E-state index contributed by atoms with van der Waals surface area (Å²) < 4.78 is 7.52. The molecule has 3 aromatic rings. The fourth-order valence-corrected chi connectivity index (χ4v) is 5.00. The van der Waals surface area contributed by atoms with Crippen LogP contribution in [0, 0.1) is 6.92 Å². The number of carbonyl (C=O) groups excluding carboxylic acids is 3. The first kappa shape index (κ1) is 24.9. The SMILES string of the molecule is Cc1cc2ccccc2n1-c1ccc(C(=O)N2CCN(C(=O)C3(NC(=O)OC(C)(C)C)CC3)CC2)cc1. The molecule has 1 saturated heterocycles.